The monoisotopic (exact) mass is 343 g/mol. The Balaban J connectivity index is 2.15. The Morgan fingerprint density at radius 2 is 2.00 bits per heavy atom. The van der Waals surface area contributed by atoms with E-state index in [1.54, 1.807) is 18.0 Å². The van der Waals surface area contributed by atoms with Crippen molar-refractivity contribution in [1.82, 2.24) is 9.88 Å². The van der Waals surface area contributed by atoms with Gasteiger partial charge in [0, 0.05) is 43.5 Å². The third-order valence-electron chi connectivity index (χ3n) is 4.31. The molecule has 1 saturated heterocycles. The lowest BCUT2D eigenvalue weighted by atomic mass is 9.93. The molecule has 0 aromatic carbocycles. The number of alkyl halides is 3. The van der Waals surface area contributed by atoms with Crippen LogP contribution in [0.4, 0.5) is 18.9 Å². The summed E-state index contributed by atoms with van der Waals surface area (Å²) in [6, 6.07) is 2.66. The van der Waals surface area contributed by atoms with Gasteiger partial charge in [-0.3, -0.25) is 9.78 Å². The fourth-order valence-electron chi connectivity index (χ4n) is 2.97. The molecule has 1 aromatic rings. The number of halogens is 3. The van der Waals surface area contributed by atoms with Crippen molar-refractivity contribution in [3.8, 4) is 0 Å². The van der Waals surface area contributed by atoms with E-state index in [2.05, 4.69) is 4.98 Å². The number of rotatable bonds is 2. The summed E-state index contributed by atoms with van der Waals surface area (Å²) in [5, 5.41) is 0. The molecule has 0 aliphatic carbocycles. The van der Waals surface area contributed by atoms with Gasteiger partial charge in [0.25, 0.3) is 0 Å². The standard InChI is InChI=1S/C17H24F3N3O/c1-16(2,3)15(24)22(4)13-6-5-9-23(11-13)12-7-8-21-14(10-12)17(18,19)20/h7-8,10,13H,5-6,9,11H2,1-4H3. The maximum atomic E-state index is 12.8. The Labute approximate surface area is 140 Å². The topological polar surface area (TPSA) is 36.4 Å². The highest BCUT2D eigenvalue weighted by Crippen LogP contribution is 2.31. The van der Waals surface area contributed by atoms with Gasteiger partial charge in [0.2, 0.25) is 5.91 Å². The number of amides is 1. The Hall–Kier alpha value is -1.79. The van der Waals surface area contributed by atoms with Crippen LogP contribution in [0.15, 0.2) is 18.3 Å². The molecule has 134 valence electrons. The number of pyridine rings is 1. The number of carbonyl (C=O) groups excluding carboxylic acids is 1. The van der Waals surface area contributed by atoms with E-state index in [4.69, 9.17) is 0 Å². The first-order valence-electron chi connectivity index (χ1n) is 8.05. The number of anilines is 1. The Morgan fingerprint density at radius 3 is 2.58 bits per heavy atom. The van der Waals surface area contributed by atoms with E-state index in [1.165, 1.54) is 6.20 Å². The van der Waals surface area contributed by atoms with Gasteiger partial charge in [-0.05, 0) is 25.0 Å². The van der Waals surface area contributed by atoms with Crippen LogP contribution in [-0.2, 0) is 11.0 Å². The summed E-state index contributed by atoms with van der Waals surface area (Å²) in [4.78, 5) is 19.5. The van der Waals surface area contributed by atoms with Gasteiger partial charge in [0.1, 0.15) is 5.69 Å². The largest absolute Gasteiger partial charge is 0.433 e. The summed E-state index contributed by atoms with van der Waals surface area (Å²) >= 11 is 0. The minimum atomic E-state index is -4.45. The van der Waals surface area contributed by atoms with E-state index in [9.17, 15) is 18.0 Å². The van der Waals surface area contributed by atoms with E-state index in [0.717, 1.165) is 18.9 Å². The van der Waals surface area contributed by atoms with Crippen molar-refractivity contribution in [2.75, 3.05) is 25.0 Å². The molecule has 24 heavy (non-hydrogen) atoms. The fourth-order valence-corrected chi connectivity index (χ4v) is 2.97. The summed E-state index contributed by atoms with van der Waals surface area (Å²) in [7, 11) is 1.77. The lowest BCUT2D eigenvalue weighted by molar-refractivity contribution is -0.141. The maximum absolute atomic E-state index is 12.8. The molecular weight excluding hydrogens is 319 g/mol. The molecule has 7 heteroatoms. The molecular formula is C17H24F3N3O. The average Bonchev–Trinajstić information content (AvgIpc) is 2.52. The molecule has 0 radical (unpaired) electrons. The third-order valence-corrected chi connectivity index (χ3v) is 4.31. The Kier molecular flexibility index (Phi) is 5.11. The smallest absolute Gasteiger partial charge is 0.369 e. The van der Waals surface area contributed by atoms with Crippen molar-refractivity contribution in [1.29, 1.82) is 0 Å². The van der Waals surface area contributed by atoms with Crippen LogP contribution in [0.3, 0.4) is 0 Å². The Morgan fingerprint density at radius 1 is 1.33 bits per heavy atom. The molecule has 0 bridgehead atoms. The number of piperidine rings is 1. The number of hydrogen-bond donors (Lipinski definition) is 0. The molecule has 1 aliphatic rings. The van der Waals surface area contributed by atoms with Gasteiger partial charge >= 0.3 is 6.18 Å². The minimum absolute atomic E-state index is 0.00650. The van der Waals surface area contributed by atoms with E-state index >= 15 is 0 Å². The molecule has 1 amide bonds. The van der Waals surface area contributed by atoms with Crippen LogP contribution >= 0.6 is 0 Å². The first kappa shape index (κ1) is 18.5. The predicted molar refractivity (Wildman–Crippen MR) is 86.7 cm³/mol. The molecule has 1 atom stereocenters. The van der Waals surface area contributed by atoms with Crippen molar-refractivity contribution in [3.05, 3.63) is 24.0 Å². The minimum Gasteiger partial charge on any atom is -0.369 e. The van der Waals surface area contributed by atoms with Crippen molar-refractivity contribution in [3.63, 3.8) is 0 Å². The highest BCUT2D eigenvalue weighted by Gasteiger charge is 2.34. The third kappa shape index (κ3) is 4.19. The van der Waals surface area contributed by atoms with Crippen molar-refractivity contribution < 1.29 is 18.0 Å². The first-order valence-corrected chi connectivity index (χ1v) is 8.05. The average molecular weight is 343 g/mol. The molecule has 2 rings (SSSR count). The molecule has 0 N–H and O–H groups in total. The maximum Gasteiger partial charge on any atom is 0.433 e. The first-order chi connectivity index (χ1) is 11.0. The highest BCUT2D eigenvalue weighted by atomic mass is 19.4. The zero-order valence-corrected chi connectivity index (χ0v) is 14.5. The van der Waals surface area contributed by atoms with Crippen LogP contribution in [0.1, 0.15) is 39.3 Å². The second-order valence-corrected chi connectivity index (χ2v) is 7.31. The van der Waals surface area contributed by atoms with Gasteiger partial charge in [-0.1, -0.05) is 20.8 Å². The molecule has 2 heterocycles. The molecule has 0 saturated carbocycles. The van der Waals surface area contributed by atoms with Crippen molar-refractivity contribution in [2.45, 2.75) is 45.8 Å². The van der Waals surface area contributed by atoms with Gasteiger partial charge in [0.15, 0.2) is 0 Å². The molecule has 4 nitrogen and oxygen atoms in total. The lowest BCUT2D eigenvalue weighted by Gasteiger charge is -2.40. The van der Waals surface area contributed by atoms with Gasteiger partial charge in [-0.15, -0.1) is 0 Å². The van der Waals surface area contributed by atoms with Crippen LogP contribution in [-0.4, -0.2) is 42.0 Å². The quantitative estimate of drug-likeness (QED) is 0.824. The van der Waals surface area contributed by atoms with Gasteiger partial charge in [0.05, 0.1) is 0 Å². The summed E-state index contributed by atoms with van der Waals surface area (Å²) in [6.45, 7) is 6.80. The number of likely N-dealkylation sites (N-methyl/N-ethyl adjacent to an activating group) is 1. The van der Waals surface area contributed by atoms with Gasteiger partial charge < -0.3 is 9.80 Å². The molecule has 1 unspecified atom stereocenters. The fraction of sp³-hybridized carbons (Fsp3) is 0.647. The van der Waals surface area contributed by atoms with Crippen LogP contribution in [0.5, 0.6) is 0 Å². The second kappa shape index (κ2) is 6.61. The molecule has 1 fully saturated rings. The van der Waals surface area contributed by atoms with Crippen LogP contribution in [0.25, 0.3) is 0 Å². The molecule has 1 aliphatic heterocycles. The number of hydrogen-bond acceptors (Lipinski definition) is 3. The Bertz CT molecular complexity index is 595. The zero-order chi connectivity index (χ0) is 18.1. The predicted octanol–water partition coefficient (Wildman–Crippen LogP) is 3.57. The number of nitrogens with zero attached hydrogens (tertiary/aromatic N) is 3. The van der Waals surface area contributed by atoms with Gasteiger partial charge in [-0.25, -0.2) is 0 Å². The van der Waals surface area contributed by atoms with E-state index in [0.29, 0.717) is 18.8 Å². The normalized spacial score (nSPS) is 19.3. The highest BCUT2D eigenvalue weighted by molar-refractivity contribution is 5.81. The van der Waals surface area contributed by atoms with Gasteiger partial charge in [-0.2, -0.15) is 13.2 Å². The van der Waals surface area contributed by atoms with Crippen LogP contribution in [0.2, 0.25) is 0 Å². The van der Waals surface area contributed by atoms with Crippen molar-refractivity contribution in [2.24, 2.45) is 5.41 Å². The van der Waals surface area contributed by atoms with Crippen molar-refractivity contribution >= 4 is 11.6 Å². The van der Waals surface area contributed by atoms with E-state index < -0.39 is 17.3 Å². The van der Waals surface area contributed by atoms with E-state index in [1.807, 2.05) is 25.7 Å². The summed E-state index contributed by atoms with van der Waals surface area (Å²) in [5.74, 6) is 0.0417. The zero-order valence-electron chi connectivity index (χ0n) is 14.5. The van der Waals surface area contributed by atoms with E-state index in [-0.39, 0.29) is 11.9 Å². The molecule has 1 aromatic heterocycles. The number of aromatic nitrogens is 1. The summed E-state index contributed by atoms with van der Waals surface area (Å²) in [6.07, 6.45) is -1.59. The van der Waals surface area contributed by atoms with Crippen LogP contribution in [0, 0.1) is 5.41 Å². The summed E-state index contributed by atoms with van der Waals surface area (Å²) in [5.41, 5.74) is -0.864. The second-order valence-electron chi connectivity index (χ2n) is 7.31. The molecule has 0 spiro atoms. The SMILES string of the molecule is CN(C(=O)C(C)(C)C)C1CCCN(c2ccnc(C(F)(F)F)c2)C1. The van der Waals surface area contributed by atoms with Crippen LogP contribution < -0.4 is 4.90 Å². The summed E-state index contributed by atoms with van der Waals surface area (Å²) < 4.78 is 38.5. The lowest BCUT2D eigenvalue weighted by Crippen LogP contribution is -2.51. The number of carbonyl (C=O) groups is 1.